The van der Waals surface area contributed by atoms with Gasteiger partial charge in [0.05, 0.1) is 23.6 Å². The molecule has 2 atom stereocenters. The van der Waals surface area contributed by atoms with Gasteiger partial charge in [-0.3, -0.25) is 0 Å². The molecule has 0 aliphatic carbocycles. The van der Waals surface area contributed by atoms with E-state index in [0.29, 0.717) is 0 Å². The minimum atomic E-state index is -2.86. The van der Waals surface area contributed by atoms with E-state index in [4.69, 9.17) is 12.2 Å². The zero-order chi connectivity index (χ0) is 11.8. The Bertz CT molecular complexity index is 380. The Kier molecular flexibility index (Phi) is 3.39. The summed E-state index contributed by atoms with van der Waals surface area (Å²) in [5.74, 6) is 0.499. The average molecular weight is 262 g/mol. The van der Waals surface area contributed by atoms with Gasteiger partial charge in [-0.2, -0.15) is 0 Å². The van der Waals surface area contributed by atoms with Gasteiger partial charge in [0.25, 0.3) is 0 Å². The molecule has 16 heavy (non-hydrogen) atoms. The monoisotopic (exact) mass is 262 g/mol. The fourth-order valence-electron chi connectivity index (χ4n) is 2.47. The van der Waals surface area contributed by atoms with Gasteiger partial charge in [-0.05, 0) is 18.6 Å². The van der Waals surface area contributed by atoms with Crippen molar-refractivity contribution in [2.75, 3.05) is 18.1 Å². The van der Waals surface area contributed by atoms with Gasteiger partial charge in [-0.1, -0.05) is 19.8 Å². The highest BCUT2D eigenvalue weighted by atomic mass is 32.2. The summed E-state index contributed by atoms with van der Waals surface area (Å²) in [6, 6.07) is 0.105. The Morgan fingerprint density at radius 3 is 2.88 bits per heavy atom. The summed E-state index contributed by atoms with van der Waals surface area (Å²) in [5, 5.41) is 3.86. The van der Waals surface area contributed by atoms with E-state index in [2.05, 4.69) is 17.1 Å². The summed E-state index contributed by atoms with van der Waals surface area (Å²) in [4.78, 5) is 2.07. The molecule has 0 radical (unpaired) electrons. The number of fused-ring (bicyclic) bond motifs is 1. The Labute approximate surface area is 102 Å². The number of thiocarbonyl (C=S) groups is 1. The zero-order valence-corrected chi connectivity index (χ0v) is 11.1. The maximum absolute atomic E-state index is 11.5. The lowest BCUT2D eigenvalue weighted by Crippen LogP contribution is -2.37. The first-order valence-electron chi connectivity index (χ1n) is 5.81. The molecule has 0 amide bonds. The van der Waals surface area contributed by atoms with E-state index in [1.54, 1.807) is 0 Å². The van der Waals surface area contributed by atoms with Crippen molar-refractivity contribution in [3.8, 4) is 0 Å². The van der Waals surface area contributed by atoms with E-state index in [0.717, 1.165) is 18.1 Å². The molecule has 6 heteroatoms. The first kappa shape index (κ1) is 12.1. The Morgan fingerprint density at radius 2 is 2.19 bits per heavy atom. The molecule has 0 aromatic carbocycles. The van der Waals surface area contributed by atoms with Crippen LogP contribution in [0.2, 0.25) is 0 Å². The second-order valence-corrected chi connectivity index (χ2v) is 7.14. The molecule has 2 unspecified atom stereocenters. The molecule has 2 saturated heterocycles. The van der Waals surface area contributed by atoms with E-state index in [-0.39, 0.29) is 23.6 Å². The summed E-state index contributed by atoms with van der Waals surface area (Å²) in [5.41, 5.74) is 0. The van der Waals surface area contributed by atoms with Gasteiger partial charge in [-0.15, -0.1) is 0 Å². The van der Waals surface area contributed by atoms with E-state index in [9.17, 15) is 8.42 Å². The fraction of sp³-hybridized carbons (Fsp3) is 0.900. The van der Waals surface area contributed by atoms with Crippen LogP contribution in [0.3, 0.4) is 0 Å². The zero-order valence-electron chi connectivity index (χ0n) is 9.48. The number of sulfone groups is 1. The van der Waals surface area contributed by atoms with Gasteiger partial charge < -0.3 is 10.2 Å². The van der Waals surface area contributed by atoms with Crippen LogP contribution in [0.15, 0.2) is 0 Å². The Morgan fingerprint density at radius 1 is 1.44 bits per heavy atom. The van der Waals surface area contributed by atoms with E-state index in [1.165, 1.54) is 12.8 Å². The molecule has 0 saturated carbocycles. The number of hydrogen-bond donors (Lipinski definition) is 1. The first-order valence-corrected chi connectivity index (χ1v) is 8.04. The molecule has 2 aliphatic rings. The molecule has 2 heterocycles. The second-order valence-electron chi connectivity index (χ2n) is 4.60. The van der Waals surface area contributed by atoms with Crippen molar-refractivity contribution in [2.24, 2.45) is 0 Å². The Hall–Kier alpha value is -0.360. The molecule has 0 aromatic heterocycles. The van der Waals surface area contributed by atoms with Crippen molar-refractivity contribution >= 4 is 27.2 Å². The highest BCUT2D eigenvalue weighted by molar-refractivity contribution is 7.91. The van der Waals surface area contributed by atoms with Crippen molar-refractivity contribution in [3.05, 3.63) is 0 Å². The lowest BCUT2D eigenvalue weighted by atomic mass is 10.1. The fourth-order valence-corrected chi connectivity index (χ4v) is 4.77. The SMILES string of the molecule is CCCCCN1C(=S)NC2CS(=O)(=O)CC21. The summed E-state index contributed by atoms with van der Waals surface area (Å²) in [7, 11) is -2.86. The lowest BCUT2D eigenvalue weighted by molar-refractivity contribution is 0.346. The molecule has 1 N–H and O–H groups in total. The quantitative estimate of drug-likeness (QED) is 0.592. The average Bonchev–Trinajstić information content (AvgIpc) is 2.60. The van der Waals surface area contributed by atoms with Gasteiger partial charge in [0.15, 0.2) is 14.9 Å². The predicted octanol–water partition coefficient (Wildman–Crippen LogP) is 0.532. The molecule has 92 valence electrons. The van der Waals surface area contributed by atoms with Crippen LogP contribution in [-0.4, -0.2) is 48.6 Å². The smallest absolute Gasteiger partial charge is 0.169 e. The van der Waals surface area contributed by atoms with Crippen LogP contribution in [0.1, 0.15) is 26.2 Å². The van der Waals surface area contributed by atoms with Gasteiger partial charge in [0, 0.05) is 6.54 Å². The van der Waals surface area contributed by atoms with E-state index in [1.807, 2.05) is 0 Å². The number of rotatable bonds is 4. The number of nitrogens with one attached hydrogen (secondary N) is 1. The van der Waals surface area contributed by atoms with Crippen LogP contribution in [0.4, 0.5) is 0 Å². The van der Waals surface area contributed by atoms with Gasteiger partial charge in [0.1, 0.15) is 0 Å². The largest absolute Gasteiger partial charge is 0.357 e. The molecular weight excluding hydrogens is 244 g/mol. The summed E-state index contributed by atoms with van der Waals surface area (Å²) in [6.07, 6.45) is 3.42. The topological polar surface area (TPSA) is 49.4 Å². The highest BCUT2D eigenvalue weighted by Crippen LogP contribution is 2.24. The predicted molar refractivity (Wildman–Crippen MR) is 68.2 cm³/mol. The van der Waals surface area contributed by atoms with Crippen LogP contribution in [0.5, 0.6) is 0 Å². The summed E-state index contributed by atoms with van der Waals surface area (Å²) < 4.78 is 23.0. The van der Waals surface area contributed by atoms with Crippen LogP contribution in [0.25, 0.3) is 0 Å². The van der Waals surface area contributed by atoms with Crippen molar-refractivity contribution < 1.29 is 8.42 Å². The molecule has 2 aliphatic heterocycles. The third kappa shape index (κ3) is 2.32. The maximum Gasteiger partial charge on any atom is 0.169 e. The molecule has 0 spiro atoms. The first-order chi connectivity index (χ1) is 7.53. The molecular formula is C10H18N2O2S2. The van der Waals surface area contributed by atoms with Crippen molar-refractivity contribution in [3.63, 3.8) is 0 Å². The highest BCUT2D eigenvalue weighted by Gasteiger charge is 2.46. The van der Waals surface area contributed by atoms with E-state index >= 15 is 0 Å². The van der Waals surface area contributed by atoms with Crippen LogP contribution in [0, 0.1) is 0 Å². The maximum atomic E-state index is 11.5. The summed E-state index contributed by atoms with van der Waals surface area (Å²) in [6.45, 7) is 3.04. The minimum absolute atomic E-state index is 0.0270. The second kappa shape index (κ2) is 4.49. The number of unbranched alkanes of at least 4 members (excludes halogenated alkanes) is 2. The third-order valence-corrected chi connectivity index (χ3v) is 5.36. The van der Waals surface area contributed by atoms with Crippen LogP contribution in [-0.2, 0) is 9.84 Å². The van der Waals surface area contributed by atoms with Gasteiger partial charge >= 0.3 is 0 Å². The Balaban J connectivity index is 1.99. The number of hydrogen-bond acceptors (Lipinski definition) is 3. The van der Waals surface area contributed by atoms with Crippen molar-refractivity contribution in [2.45, 2.75) is 38.3 Å². The van der Waals surface area contributed by atoms with Crippen LogP contribution < -0.4 is 5.32 Å². The van der Waals surface area contributed by atoms with Crippen molar-refractivity contribution in [1.29, 1.82) is 0 Å². The summed E-state index contributed by atoms with van der Waals surface area (Å²) >= 11 is 5.24. The molecule has 2 fully saturated rings. The molecule has 0 aromatic rings. The minimum Gasteiger partial charge on any atom is -0.357 e. The van der Waals surface area contributed by atoms with Crippen LogP contribution >= 0.6 is 12.2 Å². The lowest BCUT2D eigenvalue weighted by Gasteiger charge is -2.22. The van der Waals surface area contributed by atoms with Gasteiger partial charge in [-0.25, -0.2) is 8.42 Å². The third-order valence-electron chi connectivity index (χ3n) is 3.30. The number of nitrogens with zero attached hydrogens (tertiary/aromatic N) is 1. The molecule has 0 bridgehead atoms. The van der Waals surface area contributed by atoms with Crippen molar-refractivity contribution in [1.82, 2.24) is 10.2 Å². The molecule has 2 rings (SSSR count). The standard InChI is InChI=1S/C10H18N2O2S2/c1-2-3-4-5-12-9-7-16(13,14)6-8(9)11-10(12)15/h8-9H,2-7H2,1H3,(H,11,15). The van der Waals surface area contributed by atoms with E-state index < -0.39 is 9.84 Å². The normalized spacial score (nSPS) is 31.6. The molecule has 4 nitrogen and oxygen atoms in total. The van der Waals surface area contributed by atoms with Gasteiger partial charge in [0.2, 0.25) is 0 Å².